The number of carboxylic acid groups (broad SMARTS) is 1. The van der Waals surface area contributed by atoms with Crippen molar-refractivity contribution < 1.29 is 23.1 Å². The average Bonchev–Trinajstić information content (AvgIpc) is 3.17. The maximum absolute atomic E-state index is 13.2. The summed E-state index contributed by atoms with van der Waals surface area (Å²) in [5.41, 5.74) is -0.603. The number of nitrogens with zero attached hydrogens (tertiary/aromatic N) is 3. The van der Waals surface area contributed by atoms with E-state index in [4.69, 9.17) is 0 Å². The summed E-state index contributed by atoms with van der Waals surface area (Å²) in [6.45, 7) is 0.813. The highest BCUT2D eigenvalue weighted by molar-refractivity contribution is 5.91. The van der Waals surface area contributed by atoms with Gasteiger partial charge in [0.05, 0.1) is 17.2 Å². The molecule has 2 fully saturated rings. The van der Waals surface area contributed by atoms with E-state index in [1.54, 1.807) is 0 Å². The molecule has 1 aromatic carbocycles. The lowest BCUT2D eigenvalue weighted by atomic mass is 9.93. The summed E-state index contributed by atoms with van der Waals surface area (Å²) in [4.78, 5) is 21.3. The van der Waals surface area contributed by atoms with Gasteiger partial charge >= 0.3 is 12.1 Å². The zero-order chi connectivity index (χ0) is 17.1. The first-order valence-electron chi connectivity index (χ1n) is 7.60. The van der Waals surface area contributed by atoms with Gasteiger partial charge in [0.15, 0.2) is 0 Å². The smallest absolute Gasteiger partial charge is 0.418 e. The van der Waals surface area contributed by atoms with E-state index in [1.807, 2.05) is 4.90 Å². The van der Waals surface area contributed by atoms with E-state index in [2.05, 4.69) is 9.97 Å². The van der Waals surface area contributed by atoms with Crippen molar-refractivity contribution in [2.24, 2.45) is 11.3 Å². The largest absolute Gasteiger partial charge is 0.481 e. The van der Waals surface area contributed by atoms with Crippen LogP contribution in [-0.2, 0) is 11.0 Å². The Bertz CT molecular complexity index is 833. The fraction of sp³-hybridized carbons (Fsp3) is 0.438. The Balaban J connectivity index is 1.80. The van der Waals surface area contributed by atoms with Crippen LogP contribution in [0.1, 0.15) is 18.4 Å². The minimum Gasteiger partial charge on any atom is -0.481 e. The number of hydrogen-bond donors (Lipinski definition) is 1. The Labute approximate surface area is 135 Å². The molecule has 2 heterocycles. The average molecular weight is 337 g/mol. The highest BCUT2D eigenvalue weighted by atomic mass is 19.4. The van der Waals surface area contributed by atoms with Crippen molar-refractivity contribution in [3.63, 3.8) is 0 Å². The monoisotopic (exact) mass is 337 g/mol. The number of benzene rings is 1. The predicted molar refractivity (Wildman–Crippen MR) is 79.5 cm³/mol. The Hall–Kier alpha value is -2.38. The molecule has 1 aliphatic carbocycles. The molecule has 1 N–H and O–H groups in total. The van der Waals surface area contributed by atoms with Crippen LogP contribution in [0.2, 0.25) is 0 Å². The van der Waals surface area contributed by atoms with Gasteiger partial charge in [-0.1, -0.05) is 0 Å². The van der Waals surface area contributed by atoms with Crippen molar-refractivity contribution >= 4 is 22.7 Å². The zero-order valence-corrected chi connectivity index (χ0v) is 12.5. The summed E-state index contributed by atoms with van der Waals surface area (Å²) in [5.74, 6) is -1.34. The van der Waals surface area contributed by atoms with Crippen LogP contribution >= 0.6 is 0 Å². The van der Waals surface area contributed by atoms with Crippen molar-refractivity contribution in [3.8, 4) is 0 Å². The van der Waals surface area contributed by atoms with Crippen molar-refractivity contribution in [2.75, 3.05) is 18.0 Å². The molecule has 5 nitrogen and oxygen atoms in total. The number of alkyl halides is 3. The van der Waals surface area contributed by atoms with Gasteiger partial charge in [-0.25, -0.2) is 0 Å². The molecular formula is C16H14F3N3O2. The Morgan fingerprint density at radius 1 is 1.21 bits per heavy atom. The summed E-state index contributed by atoms with van der Waals surface area (Å²) in [7, 11) is 0. The first-order chi connectivity index (χ1) is 11.3. The summed E-state index contributed by atoms with van der Waals surface area (Å²) in [5, 5.41) is 9.41. The number of carbonyl (C=O) groups is 1. The molecule has 1 saturated carbocycles. The number of carboxylic acids is 1. The number of aliphatic carboxylic acids is 1. The van der Waals surface area contributed by atoms with E-state index < -0.39 is 23.6 Å². The highest BCUT2D eigenvalue weighted by Gasteiger charge is 2.58. The maximum Gasteiger partial charge on any atom is 0.418 e. The molecule has 1 aromatic heterocycles. The number of rotatable bonds is 2. The van der Waals surface area contributed by atoms with E-state index in [0.717, 1.165) is 18.9 Å². The zero-order valence-electron chi connectivity index (χ0n) is 12.5. The van der Waals surface area contributed by atoms with E-state index in [-0.39, 0.29) is 23.0 Å². The molecule has 4 rings (SSSR count). The van der Waals surface area contributed by atoms with Crippen molar-refractivity contribution in [3.05, 3.63) is 30.1 Å². The first kappa shape index (κ1) is 15.2. The molecule has 0 radical (unpaired) electrons. The minimum absolute atomic E-state index is 0.161. The van der Waals surface area contributed by atoms with Crippen LogP contribution in [0.4, 0.5) is 18.9 Å². The van der Waals surface area contributed by atoms with Crippen LogP contribution in [0, 0.1) is 11.3 Å². The number of aromatic nitrogens is 2. The van der Waals surface area contributed by atoms with Crippen LogP contribution in [-0.4, -0.2) is 34.1 Å². The Kier molecular flexibility index (Phi) is 3.04. The van der Waals surface area contributed by atoms with Gasteiger partial charge in [-0.15, -0.1) is 0 Å². The van der Waals surface area contributed by atoms with Gasteiger partial charge in [0.2, 0.25) is 0 Å². The molecule has 1 atom stereocenters. The van der Waals surface area contributed by atoms with Gasteiger partial charge < -0.3 is 10.0 Å². The fourth-order valence-electron chi connectivity index (χ4n) is 3.69. The van der Waals surface area contributed by atoms with Gasteiger partial charge in [-0.05, 0) is 25.0 Å². The summed E-state index contributed by atoms with van der Waals surface area (Å²) in [6.07, 6.45) is -0.258. The minimum atomic E-state index is -4.51. The molecule has 24 heavy (non-hydrogen) atoms. The lowest BCUT2D eigenvalue weighted by Gasteiger charge is -2.21. The second-order valence-electron chi connectivity index (χ2n) is 6.52. The second-order valence-corrected chi connectivity index (χ2v) is 6.52. The standard InChI is InChI=1S/C16H14F3N3O2/c17-16(18,19)9-1-2-11(13-12(9)20-5-6-21-13)22-7-10(14(23)24)15(8-22)3-4-15/h1-2,5-6,10H,3-4,7-8H2,(H,23,24). The number of fused-ring (bicyclic) bond motifs is 1. The lowest BCUT2D eigenvalue weighted by molar-refractivity contribution is -0.142. The van der Waals surface area contributed by atoms with Gasteiger partial charge in [0, 0.05) is 30.9 Å². The topological polar surface area (TPSA) is 66.3 Å². The van der Waals surface area contributed by atoms with Gasteiger partial charge in [-0.3, -0.25) is 14.8 Å². The predicted octanol–water partition coefficient (Wildman–Crippen LogP) is 2.95. The normalized spacial score (nSPS) is 22.3. The quantitative estimate of drug-likeness (QED) is 0.913. The molecule has 2 aromatic rings. The van der Waals surface area contributed by atoms with Crippen LogP contribution in [0.15, 0.2) is 24.5 Å². The SMILES string of the molecule is O=C(O)C1CN(c2ccc(C(F)(F)F)c3nccnc23)CC12CC2. The number of hydrogen-bond acceptors (Lipinski definition) is 4. The number of anilines is 1. The van der Waals surface area contributed by atoms with Gasteiger partial charge in [-0.2, -0.15) is 13.2 Å². The molecule has 1 saturated heterocycles. The number of halogens is 3. The Morgan fingerprint density at radius 2 is 1.88 bits per heavy atom. The molecule has 1 spiro atoms. The molecule has 8 heteroatoms. The highest BCUT2D eigenvalue weighted by Crippen LogP contribution is 2.57. The van der Waals surface area contributed by atoms with Crippen molar-refractivity contribution in [1.29, 1.82) is 0 Å². The molecular weight excluding hydrogens is 323 g/mol. The third kappa shape index (κ3) is 2.20. The molecule has 126 valence electrons. The van der Waals surface area contributed by atoms with Gasteiger partial charge in [0.1, 0.15) is 11.0 Å². The first-order valence-corrected chi connectivity index (χ1v) is 7.60. The third-order valence-electron chi connectivity index (χ3n) is 5.09. The summed E-state index contributed by atoms with van der Waals surface area (Å²) in [6, 6.07) is 2.38. The molecule has 2 aliphatic rings. The van der Waals surface area contributed by atoms with E-state index in [0.29, 0.717) is 12.2 Å². The van der Waals surface area contributed by atoms with Crippen LogP contribution < -0.4 is 4.90 Å². The van der Waals surface area contributed by atoms with E-state index in [9.17, 15) is 23.1 Å². The molecule has 0 amide bonds. The summed E-state index contributed by atoms with van der Waals surface area (Å²) < 4.78 is 39.5. The van der Waals surface area contributed by atoms with Crippen molar-refractivity contribution in [2.45, 2.75) is 19.0 Å². The Morgan fingerprint density at radius 3 is 2.42 bits per heavy atom. The van der Waals surface area contributed by atoms with Crippen molar-refractivity contribution in [1.82, 2.24) is 9.97 Å². The van der Waals surface area contributed by atoms with E-state index in [1.165, 1.54) is 18.5 Å². The van der Waals surface area contributed by atoms with Gasteiger partial charge in [0.25, 0.3) is 0 Å². The third-order valence-corrected chi connectivity index (χ3v) is 5.09. The van der Waals surface area contributed by atoms with Crippen LogP contribution in [0.5, 0.6) is 0 Å². The summed E-state index contributed by atoms with van der Waals surface area (Å²) >= 11 is 0. The van der Waals surface area contributed by atoms with Crippen LogP contribution in [0.25, 0.3) is 11.0 Å². The van der Waals surface area contributed by atoms with Crippen LogP contribution in [0.3, 0.4) is 0 Å². The molecule has 1 aliphatic heterocycles. The van der Waals surface area contributed by atoms with E-state index >= 15 is 0 Å². The maximum atomic E-state index is 13.2. The molecule has 1 unspecified atom stereocenters. The lowest BCUT2D eigenvalue weighted by Crippen LogP contribution is -2.24. The fourth-order valence-corrected chi connectivity index (χ4v) is 3.69. The second kappa shape index (κ2) is 4.81. The molecule has 0 bridgehead atoms.